The van der Waals surface area contributed by atoms with Crippen molar-refractivity contribution < 1.29 is 18.3 Å². The molecule has 3 unspecified atom stereocenters. The quantitative estimate of drug-likeness (QED) is 0.546. The van der Waals surface area contributed by atoms with Crippen LogP contribution in [-0.4, -0.2) is 36.4 Å². The largest absolute Gasteiger partial charge is 0.391 e. The molecule has 4 nitrogen and oxygen atoms in total. The van der Waals surface area contributed by atoms with Crippen LogP contribution in [0.3, 0.4) is 0 Å². The number of hydrogen-bond donors (Lipinski definition) is 3. The van der Waals surface area contributed by atoms with Crippen molar-refractivity contribution in [2.24, 2.45) is 10.9 Å². The second-order valence-electron chi connectivity index (χ2n) is 6.89. The molecule has 1 saturated carbocycles. The molecular formula is C19H28F3N3O. The Labute approximate surface area is 152 Å². The Morgan fingerprint density at radius 3 is 2.58 bits per heavy atom. The van der Waals surface area contributed by atoms with Gasteiger partial charge in [-0.3, -0.25) is 4.99 Å². The van der Waals surface area contributed by atoms with Crippen molar-refractivity contribution in [3.63, 3.8) is 0 Å². The highest BCUT2D eigenvalue weighted by Gasteiger charge is 2.42. The van der Waals surface area contributed by atoms with Crippen molar-refractivity contribution in [2.45, 2.75) is 57.9 Å². The number of nitrogens with zero attached hydrogens (tertiary/aromatic N) is 1. The Morgan fingerprint density at radius 2 is 1.96 bits per heavy atom. The second-order valence-corrected chi connectivity index (χ2v) is 6.89. The zero-order valence-corrected chi connectivity index (χ0v) is 15.3. The lowest BCUT2D eigenvalue weighted by molar-refractivity contribution is -0.183. The van der Waals surface area contributed by atoms with E-state index in [4.69, 9.17) is 0 Å². The number of aliphatic hydroxyl groups excluding tert-OH is 1. The van der Waals surface area contributed by atoms with E-state index >= 15 is 0 Å². The minimum absolute atomic E-state index is 0.0639. The summed E-state index contributed by atoms with van der Waals surface area (Å²) in [6.07, 6.45) is -3.39. The number of benzene rings is 1. The normalized spacial score (nSPS) is 22.8. The summed E-state index contributed by atoms with van der Waals surface area (Å²) in [5, 5.41) is 16.4. The minimum Gasteiger partial charge on any atom is -0.386 e. The van der Waals surface area contributed by atoms with Crippen LogP contribution in [0.2, 0.25) is 0 Å². The summed E-state index contributed by atoms with van der Waals surface area (Å²) in [5.41, 5.74) is 1.88. The maximum atomic E-state index is 13.0. The lowest BCUT2D eigenvalue weighted by Gasteiger charge is -2.32. The van der Waals surface area contributed by atoms with E-state index in [0.29, 0.717) is 25.3 Å². The van der Waals surface area contributed by atoms with Crippen LogP contribution in [0.4, 0.5) is 13.2 Å². The molecule has 2 rings (SSSR count). The highest BCUT2D eigenvalue weighted by atomic mass is 19.4. The summed E-state index contributed by atoms with van der Waals surface area (Å²) in [5.74, 6) is -0.804. The third kappa shape index (κ3) is 6.20. The highest BCUT2D eigenvalue weighted by Crippen LogP contribution is 2.37. The Kier molecular flexibility index (Phi) is 7.32. The van der Waals surface area contributed by atoms with Gasteiger partial charge < -0.3 is 15.7 Å². The fourth-order valence-corrected chi connectivity index (χ4v) is 3.20. The predicted molar refractivity (Wildman–Crippen MR) is 97.1 cm³/mol. The Morgan fingerprint density at radius 1 is 1.27 bits per heavy atom. The first kappa shape index (κ1) is 20.6. The smallest absolute Gasteiger partial charge is 0.386 e. The molecule has 3 atom stereocenters. The van der Waals surface area contributed by atoms with Crippen molar-refractivity contribution in [1.29, 1.82) is 0 Å². The number of aliphatic hydroxyl groups is 1. The van der Waals surface area contributed by atoms with E-state index in [1.165, 1.54) is 0 Å². The van der Waals surface area contributed by atoms with Gasteiger partial charge in [0.05, 0.1) is 18.6 Å². The van der Waals surface area contributed by atoms with Crippen molar-refractivity contribution in [3.8, 4) is 0 Å². The fourth-order valence-electron chi connectivity index (χ4n) is 3.20. The Balaban J connectivity index is 1.96. The third-order valence-corrected chi connectivity index (χ3v) is 4.71. The van der Waals surface area contributed by atoms with E-state index in [-0.39, 0.29) is 25.4 Å². The number of aryl methyl sites for hydroxylation is 1. The van der Waals surface area contributed by atoms with Gasteiger partial charge in [-0.1, -0.05) is 36.2 Å². The molecule has 0 spiro atoms. The van der Waals surface area contributed by atoms with Crippen molar-refractivity contribution in [2.75, 3.05) is 13.1 Å². The van der Waals surface area contributed by atoms with Crippen LogP contribution in [0.25, 0.3) is 0 Å². The van der Waals surface area contributed by atoms with Gasteiger partial charge >= 0.3 is 6.18 Å². The lowest BCUT2D eigenvalue weighted by Crippen LogP contribution is -2.47. The number of guanidine groups is 1. The number of nitrogens with one attached hydrogen (secondary N) is 2. The van der Waals surface area contributed by atoms with Gasteiger partial charge in [0.2, 0.25) is 0 Å². The molecule has 0 amide bonds. The Hall–Kier alpha value is -1.76. The average Bonchev–Trinajstić information content (AvgIpc) is 2.60. The molecule has 1 aliphatic rings. The molecule has 7 heteroatoms. The number of halogens is 3. The summed E-state index contributed by atoms with van der Waals surface area (Å²) in [4.78, 5) is 4.36. The van der Waals surface area contributed by atoms with E-state index in [0.717, 1.165) is 11.1 Å². The van der Waals surface area contributed by atoms with Gasteiger partial charge in [-0.15, -0.1) is 0 Å². The van der Waals surface area contributed by atoms with Crippen LogP contribution in [0, 0.1) is 12.8 Å². The number of aliphatic imine (C=N–C) groups is 1. The first-order valence-electron chi connectivity index (χ1n) is 9.15. The summed E-state index contributed by atoms with van der Waals surface area (Å²) in [6, 6.07) is 7.29. The van der Waals surface area contributed by atoms with E-state index in [1.54, 1.807) is 0 Å². The number of hydrogen-bond acceptors (Lipinski definition) is 2. The molecular weight excluding hydrogens is 343 g/mol. The van der Waals surface area contributed by atoms with Crippen LogP contribution in [-0.2, 0) is 0 Å². The molecule has 0 heterocycles. The van der Waals surface area contributed by atoms with Gasteiger partial charge in [-0.2, -0.15) is 13.2 Å². The number of alkyl halides is 3. The molecule has 0 radical (unpaired) electrons. The molecule has 26 heavy (non-hydrogen) atoms. The maximum absolute atomic E-state index is 13.0. The lowest BCUT2D eigenvalue weighted by atomic mass is 9.85. The molecule has 1 aliphatic carbocycles. The predicted octanol–water partition coefficient (Wildman–Crippen LogP) is 3.70. The molecule has 0 aliphatic heterocycles. The SMILES string of the molecule is CCNC(=NCC(O)c1ccc(C)cc1)NC1CCCC(C(F)(F)F)C1. The van der Waals surface area contributed by atoms with Crippen molar-refractivity contribution >= 4 is 5.96 Å². The topological polar surface area (TPSA) is 56.7 Å². The summed E-state index contributed by atoms with van der Waals surface area (Å²) >= 11 is 0. The van der Waals surface area contributed by atoms with E-state index in [2.05, 4.69) is 15.6 Å². The van der Waals surface area contributed by atoms with Gasteiger partial charge in [0, 0.05) is 12.6 Å². The van der Waals surface area contributed by atoms with Crippen LogP contribution in [0.15, 0.2) is 29.3 Å². The zero-order valence-electron chi connectivity index (χ0n) is 15.3. The molecule has 1 aromatic carbocycles. The first-order chi connectivity index (χ1) is 12.3. The van der Waals surface area contributed by atoms with Gasteiger partial charge in [0.15, 0.2) is 5.96 Å². The fraction of sp³-hybridized carbons (Fsp3) is 0.632. The number of rotatable bonds is 5. The van der Waals surface area contributed by atoms with Gasteiger partial charge in [0.25, 0.3) is 0 Å². The molecule has 0 saturated heterocycles. The van der Waals surface area contributed by atoms with Gasteiger partial charge in [0.1, 0.15) is 0 Å². The molecule has 1 aromatic rings. The molecule has 3 N–H and O–H groups in total. The standard InChI is InChI=1S/C19H28F3N3O/c1-3-23-18(24-12-17(26)14-9-7-13(2)8-10-14)25-16-6-4-5-15(11-16)19(20,21)22/h7-10,15-17,26H,3-6,11-12H2,1-2H3,(H2,23,24,25). The zero-order chi connectivity index (χ0) is 19.2. The van der Waals surface area contributed by atoms with Crippen LogP contribution >= 0.6 is 0 Å². The first-order valence-corrected chi connectivity index (χ1v) is 9.15. The second kappa shape index (κ2) is 9.26. The van der Waals surface area contributed by atoms with Crippen LogP contribution in [0.1, 0.15) is 49.8 Å². The van der Waals surface area contributed by atoms with Crippen molar-refractivity contribution in [1.82, 2.24) is 10.6 Å². The molecule has 146 valence electrons. The minimum atomic E-state index is -4.14. The maximum Gasteiger partial charge on any atom is 0.391 e. The monoisotopic (exact) mass is 371 g/mol. The molecule has 0 bridgehead atoms. The summed E-state index contributed by atoms with van der Waals surface area (Å²) in [6.45, 7) is 4.61. The van der Waals surface area contributed by atoms with Crippen LogP contribution in [0.5, 0.6) is 0 Å². The van der Waals surface area contributed by atoms with Crippen molar-refractivity contribution in [3.05, 3.63) is 35.4 Å². The Bertz CT molecular complexity index is 587. The summed E-state index contributed by atoms with van der Waals surface area (Å²) in [7, 11) is 0. The highest BCUT2D eigenvalue weighted by molar-refractivity contribution is 5.80. The molecule has 1 fully saturated rings. The van der Waals surface area contributed by atoms with Crippen LogP contribution < -0.4 is 10.6 Å². The summed E-state index contributed by atoms with van der Waals surface area (Å²) < 4.78 is 38.9. The van der Waals surface area contributed by atoms with Gasteiger partial charge in [-0.25, -0.2) is 0 Å². The van der Waals surface area contributed by atoms with E-state index < -0.39 is 18.2 Å². The average molecular weight is 371 g/mol. The van der Waals surface area contributed by atoms with E-state index in [1.807, 2.05) is 38.1 Å². The van der Waals surface area contributed by atoms with Gasteiger partial charge in [-0.05, 0) is 38.7 Å². The molecule has 0 aromatic heterocycles. The third-order valence-electron chi connectivity index (χ3n) is 4.71. The van der Waals surface area contributed by atoms with E-state index in [9.17, 15) is 18.3 Å².